The van der Waals surface area contributed by atoms with E-state index in [2.05, 4.69) is 20.7 Å². The molecular formula is C19H21BrO7S. The summed E-state index contributed by atoms with van der Waals surface area (Å²) < 4.78 is 20.3. The van der Waals surface area contributed by atoms with Crippen LogP contribution in [0.25, 0.3) is 10.4 Å². The molecule has 0 unspecified atom stereocenters. The minimum absolute atomic E-state index is 0.375. The number of thiophene rings is 1. The van der Waals surface area contributed by atoms with E-state index in [1.807, 2.05) is 13.0 Å². The second-order valence-corrected chi connectivity index (χ2v) is 6.77. The number of methoxy groups -OCH3 is 2. The molecule has 0 fully saturated rings. The van der Waals surface area contributed by atoms with Crippen LogP contribution < -0.4 is 9.47 Å². The summed E-state index contributed by atoms with van der Waals surface area (Å²) in [5.41, 5.74) is 1.21. The summed E-state index contributed by atoms with van der Waals surface area (Å²) in [4.78, 5) is 33.5. The molecule has 0 saturated carbocycles. The molecule has 2 rings (SSSR count). The van der Waals surface area contributed by atoms with Crippen molar-refractivity contribution in [3.8, 4) is 21.9 Å². The van der Waals surface area contributed by atoms with Gasteiger partial charge in [-0.05, 0) is 53.5 Å². The molecule has 0 aliphatic rings. The summed E-state index contributed by atoms with van der Waals surface area (Å²) in [5.74, 6) is 0.479. The van der Waals surface area contributed by atoms with Crippen LogP contribution in [-0.4, -0.2) is 46.2 Å². The number of esters is 1. The Balaban J connectivity index is 0.000000696. The lowest BCUT2D eigenvalue weighted by atomic mass is 10.1. The molecule has 0 aliphatic carbocycles. The molecule has 9 heteroatoms. The number of ether oxygens (including phenoxy) is 4. The fourth-order valence-electron chi connectivity index (χ4n) is 2.12. The Hall–Kier alpha value is -2.39. The Morgan fingerprint density at radius 1 is 1.18 bits per heavy atom. The van der Waals surface area contributed by atoms with Crippen LogP contribution in [0.2, 0.25) is 0 Å². The van der Waals surface area contributed by atoms with Gasteiger partial charge in [-0.1, -0.05) is 0 Å². The van der Waals surface area contributed by atoms with Crippen LogP contribution in [0.3, 0.4) is 0 Å². The highest BCUT2D eigenvalue weighted by Crippen LogP contribution is 2.46. The van der Waals surface area contributed by atoms with Gasteiger partial charge in [0, 0.05) is 0 Å². The first-order valence-electron chi connectivity index (χ1n) is 8.21. The van der Waals surface area contributed by atoms with E-state index < -0.39 is 5.97 Å². The maximum Gasteiger partial charge on any atom is 0.351 e. The summed E-state index contributed by atoms with van der Waals surface area (Å²) in [6.07, 6.45) is 0.731. The number of carbonyl (C=O) groups is 3. The molecule has 28 heavy (non-hydrogen) atoms. The molecule has 2 aromatic rings. The molecule has 1 heterocycles. The second kappa shape index (κ2) is 12.1. The molecule has 0 amide bonds. The standard InChI is InChI=1S/C16H15BrO5S.C3H6O2/c1-4-22-13-12(17)14(23-15(13)16(19)21-3)9-5-6-11(20-2)10(7-9)8-18;1-2-5-3-4/h5-8H,4H2,1-3H3;3H,2H2,1H3. The predicted octanol–water partition coefficient (Wildman–Crippen LogP) is 4.36. The summed E-state index contributed by atoms with van der Waals surface area (Å²) >= 11 is 4.72. The van der Waals surface area contributed by atoms with Crippen molar-refractivity contribution in [2.24, 2.45) is 0 Å². The topological polar surface area (TPSA) is 88.1 Å². The Kier molecular flexibility index (Phi) is 10.3. The van der Waals surface area contributed by atoms with Gasteiger partial charge in [0.1, 0.15) is 5.75 Å². The highest BCUT2D eigenvalue weighted by atomic mass is 79.9. The summed E-state index contributed by atoms with van der Waals surface area (Å²) in [7, 11) is 2.83. The van der Waals surface area contributed by atoms with Gasteiger partial charge in [-0.25, -0.2) is 4.79 Å². The van der Waals surface area contributed by atoms with Crippen molar-refractivity contribution < 1.29 is 33.3 Å². The lowest BCUT2D eigenvalue weighted by Crippen LogP contribution is -2.02. The summed E-state index contributed by atoms with van der Waals surface area (Å²) in [6.45, 7) is 4.92. The molecule has 0 atom stereocenters. The first-order chi connectivity index (χ1) is 13.5. The van der Waals surface area contributed by atoms with Crippen molar-refractivity contribution in [2.45, 2.75) is 13.8 Å². The van der Waals surface area contributed by atoms with Crippen molar-refractivity contribution >= 4 is 46.0 Å². The molecule has 7 nitrogen and oxygen atoms in total. The predicted molar refractivity (Wildman–Crippen MR) is 110 cm³/mol. The zero-order valence-corrected chi connectivity index (χ0v) is 18.3. The van der Waals surface area contributed by atoms with Crippen LogP contribution in [0.1, 0.15) is 33.9 Å². The lowest BCUT2D eigenvalue weighted by molar-refractivity contribution is -0.128. The van der Waals surface area contributed by atoms with Gasteiger partial charge in [0.15, 0.2) is 16.9 Å². The molecular weight excluding hydrogens is 452 g/mol. The van der Waals surface area contributed by atoms with E-state index in [1.165, 1.54) is 25.6 Å². The van der Waals surface area contributed by atoms with E-state index >= 15 is 0 Å². The Bertz CT molecular complexity index is 817. The number of aldehydes is 1. The minimum Gasteiger partial charge on any atom is -0.496 e. The SMILES string of the molecule is CCOC=O.CCOc1c(C(=O)OC)sc(-c2ccc(OC)c(C=O)c2)c1Br. The number of halogens is 1. The molecule has 1 aromatic carbocycles. The van der Waals surface area contributed by atoms with Gasteiger partial charge in [-0.2, -0.15) is 0 Å². The number of rotatable bonds is 8. The highest BCUT2D eigenvalue weighted by molar-refractivity contribution is 9.10. The molecule has 0 spiro atoms. The first-order valence-corrected chi connectivity index (χ1v) is 9.82. The van der Waals surface area contributed by atoms with Gasteiger partial charge in [-0.3, -0.25) is 9.59 Å². The Morgan fingerprint density at radius 3 is 2.36 bits per heavy atom. The third-order valence-corrected chi connectivity index (χ3v) is 5.54. The van der Waals surface area contributed by atoms with E-state index in [0.717, 1.165) is 16.7 Å². The third kappa shape index (κ3) is 5.80. The monoisotopic (exact) mass is 472 g/mol. The number of benzene rings is 1. The van der Waals surface area contributed by atoms with Gasteiger partial charge < -0.3 is 18.9 Å². The van der Waals surface area contributed by atoms with Crippen LogP contribution in [0.15, 0.2) is 22.7 Å². The van der Waals surface area contributed by atoms with Crippen LogP contribution in [-0.2, 0) is 14.3 Å². The second-order valence-electron chi connectivity index (χ2n) is 4.95. The Labute approximate surface area is 175 Å². The minimum atomic E-state index is -0.463. The van der Waals surface area contributed by atoms with Crippen LogP contribution in [0.4, 0.5) is 0 Å². The van der Waals surface area contributed by atoms with E-state index in [1.54, 1.807) is 19.1 Å². The van der Waals surface area contributed by atoms with E-state index in [0.29, 0.717) is 46.1 Å². The smallest absolute Gasteiger partial charge is 0.351 e. The quantitative estimate of drug-likeness (QED) is 0.416. The van der Waals surface area contributed by atoms with Crippen LogP contribution in [0.5, 0.6) is 11.5 Å². The van der Waals surface area contributed by atoms with E-state index in [9.17, 15) is 14.4 Å². The van der Waals surface area contributed by atoms with Crippen molar-refractivity contribution in [3.05, 3.63) is 33.1 Å². The fourth-order valence-corrected chi connectivity index (χ4v) is 4.08. The van der Waals surface area contributed by atoms with Crippen molar-refractivity contribution in [2.75, 3.05) is 27.4 Å². The van der Waals surface area contributed by atoms with Crippen molar-refractivity contribution in [1.29, 1.82) is 0 Å². The number of carbonyl (C=O) groups excluding carboxylic acids is 3. The average Bonchev–Trinajstić information content (AvgIpc) is 3.04. The van der Waals surface area contributed by atoms with Gasteiger partial charge in [-0.15, -0.1) is 11.3 Å². The van der Waals surface area contributed by atoms with E-state index in [-0.39, 0.29) is 0 Å². The highest BCUT2D eigenvalue weighted by Gasteiger charge is 2.24. The normalized spacial score (nSPS) is 9.61. The zero-order valence-electron chi connectivity index (χ0n) is 15.9. The van der Waals surface area contributed by atoms with Crippen LogP contribution in [0, 0.1) is 0 Å². The molecule has 152 valence electrons. The molecule has 0 bridgehead atoms. The summed E-state index contributed by atoms with van der Waals surface area (Å²) in [6, 6.07) is 5.24. The average molecular weight is 473 g/mol. The lowest BCUT2D eigenvalue weighted by Gasteiger charge is -2.06. The maximum atomic E-state index is 11.9. The zero-order chi connectivity index (χ0) is 21.1. The largest absolute Gasteiger partial charge is 0.496 e. The fraction of sp³-hybridized carbons (Fsp3) is 0.316. The molecule has 0 N–H and O–H groups in total. The first kappa shape index (κ1) is 23.6. The molecule has 0 saturated heterocycles. The van der Waals surface area contributed by atoms with Gasteiger partial charge >= 0.3 is 5.97 Å². The maximum absolute atomic E-state index is 11.9. The van der Waals surface area contributed by atoms with Gasteiger partial charge in [0.25, 0.3) is 6.47 Å². The Morgan fingerprint density at radius 2 is 1.89 bits per heavy atom. The van der Waals surface area contributed by atoms with E-state index in [4.69, 9.17) is 14.2 Å². The van der Waals surface area contributed by atoms with Crippen molar-refractivity contribution in [3.63, 3.8) is 0 Å². The molecule has 0 aliphatic heterocycles. The van der Waals surface area contributed by atoms with Gasteiger partial charge in [0.05, 0.1) is 42.3 Å². The molecule has 1 aromatic heterocycles. The van der Waals surface area contributed by atoms with Gasteiger partial charge in [0.2, 0.25) is 0 Å². The molecule has 0 radical (unpaired) electrons. The van der Waals surface area contributed by atoms with Crippen molar-refractivity contribution in [1.82, 2.24) is 0 Å². The number of hydrogen-bond donors (Lipinski definition) is 0. The number of hydrogen-bond acceptors (Lipinski definition) is 8. The van der Waals surface area contributed by atoms with Crippen LogP contribution >= 0.6 is 27.3 Å². The third-order valence-electron chi connectivity index (χ3n) is 3.32. The summed E-state index contributed by atoms with van der Waals surface area (Å²) in [5, 5.41) is 0.